The number of pyridine rings is 2. The highest BCUT2D eigenvalue weighted by Gasteiger charge is 2.09. The first-order valence-electron chi connectivity index (χ1n) is 7.37. The fraction of sp³-hybridized carbons (Fsp3) is 0.176. The van der Waals surface area contributed by atoms with E-state index in [-0.39, 0.29) is 30.4 Å². The third-order valence-corrected chi connectivity index (χ3v) is 4.00. The van der Waals surface area contributed by atoms with E-state index >= 15 is 0 Å². The van der Waals surface area contributed by atoms with Crippen LogP contribution in [0, 0.1) is 0 Å². The molecule has 3 aromatic rings. The van der Waals surface area contributed by atoms with E-state index in [1.165, 1.54) is 17.2 Å². The summed E-state index contributed by atoms with van der Waals surface area (Å²) >= 11 is 0. The molecule has 2 aromatic heterocycles. The molecule has 3 heterocycles. The average molecular weight is 365 g/mol. The fourth-order valence-electron chi connectivity index (χ4n) is 2.88. The van der Waals surface area contributed by atoms with Crippen molar-refractivity contribution in [2.75, 3.05) is 11.9 Å². The summed E-state index contributed by atoms with van der Waals surface area (Å²) in [6.45, 7) is 1.96. The van der Waals surface area contributed by atoms with E-state index in [4.69, 9.17) is 0 Å². The monoisotopic (exact) mass is 364 g/mol. The number of anilines is 2. The van der Waals surface area contributed by atoms with Crippen molar-refractivity contribution in [1.82, 2.24) is 15.3 Å². The lowest BCUT2D eigenvalue weighted by atomic mass is 10.0. The second-order valence-electron chi connectivity index (χ2n) is 5.48. The Labute approximate surface area is 151 Å². The predicted octanol–water partition coefficient (Wildman–Crippen LogP) is 3.16. The first kappa shape index (κ1) is 18.3. The van der Waals surface area contributed by atoms with Crippen LogP contribution in [0.15, 0.2) is 47.4 Å². The highest BCUT2D eigenvalue weighted by atomic mass is 35.5. The Kier molecular flexibility index (Phi) is 5.83. The van der Waals surface area contributed by atoms with Gasteiger partial charge in [-0.25, -0.2) is 4.98 Å². The van der Waals surface area contributed by atoms with Crippen molar-refractivity contribution in [2.24, 2.45) is 0 Å². The summed E-state index contributed by atoms with van der Waals surface area (Å²) in [7, 11) is 0. The average Bonchev–Trinajstić information content (AvgIpc) is 2.55. The van der Waals surface area contributed by atoms with E-state index in [1.807, 2.05) is 6.07 Å². The second kappa shape index (κ2) is 7.66. The van der Waals surface area contributed by atoms with Crippen LogP contribution in [0.3, 0.4) is 0 Å². The normalized spacial score (nSPS) is 12.7. The van der Waals surface area contributed by atoms with Crippen LogP contribution in [-0.4, -0.2) is 16.5 Å². The number of benzene rings is 1. The molecule has 0 radical (unpaired) electrons. The Morgan fingerprint density at radius 1 is 1.04 bits per heavy atom. The van der Waals surface area contributed by atoms with Crippen molar-refractivity contribution in [3.8, 4) is 0 Å². The maximum Gasteiger partial charge on any atom is 0.249 e. The maximum absolute atomic E-state index is 11.4. The number of rotatable bonds is 2. The molecule has 24 heavy (non-hydrogen) atoms. The first-order chi connectivity index (χ1) is 10.8. The number of H-pyrrole nitrogens is 1. The van der Waals surface area contributed by atoms with Crippen LogP contribution in [-0.2, 0) is 13.0 Å². The van der Waals surface area contributed by atoms with Crippen LogP contribution in [0.1, 0.15) is 11.1 Å². The molecule has 1 aliphatic rings. The molecule has 0 spiro atoms. The quantitative estimate of drug-likeness (QED) is 0.653. The van der Waals surface area contributed by atoms with E-state index in [1.54, 1.807) is 12.3 Å². The Balaban J connectivity index is 0.00000104. The smallest absolute Gasteiger partial charge is 0.249 e. The zero-order valence-corrected chi connectivity index (χ0v) is 14.5. The van der Waals surface area contributed by atoms with Crippen molar-refractivity contribution in [3.63, 3.8) is 0 Å². The van der Waals surface area contributed by atoms with Gasteiger partial charge in [0.2, 0.25) is 5.56 Å². The molecule has 5 nitrogen and oxygen atoms in total. The van der Waals surface area contributed by atoms with Gasteiger partial charge in [0.1, 0.15) is 5.65 Å². The molecule has 7 heteroatoms. The molecule has 0 fully saturated rings. The molecule has 1 aromatic carbocycles. The second-order valence-corrected chi connectivity index (χ2v) is 5.48. The molecular weight excluding hydrogens is 347 g/mol. The van der Waals surface area contributed by atoms with Gasteiger partial charge >= 0.3 is 0 Å². The Hall–Kier alpha value is -2.08. The van der Waals surface area contributed by atoms with Crippen molar-refractivity contribution in [3.05, 3.63) is 64.1 Å². The molecule has 0 atom stereocenters. The van der Waals surface area contributed by atoms with Gasteiger partial charge in [0.15, 0.2) is 0 Å². The minimum Gasteiger partial charge on any atom is -0.355 e. The third kappa shape index (κ3) is 3.53. The van der Waals surface area contributed by atoms with Crippen LogP contribution in [0.5, 0.6) is 0 Å². The topological polar surface area (TPSA) is 69.8 Å². The fourth-order valence-corrected chi connectivity index (χ4v) is 2.88. The van der Waals surface area contributed by atoms with Crippen LogP contribution in [0.4, 0.5) is 11.4 Å². The number of halogens is 2. The molecular formula is C17H18Cl2N4O. The summed E-state index contributed by atoms with van der Waals surface area (Å²) in [6.07, 6.45) is 2.75. The van der Waals surface area contributed by atoms with Crippen LogP contribution >= 0.6 is 24.8 Å². The Bertz CT molecular complexity index is 910. The zero-order chi connectivity index (χ0) is 14.9. The van der Waals surface area contributed by atoms with Crippen molar-refractivity contribution < 1.29 is 0 Å². The van der Waals surface area contributed by atoms with Gasteiger partial charge in [0.05, 0.1) is 5.69 Å². The number of nitrogens with one attached hydrogen (secondary N) is 3. The molecule has 3 N–H and O–H groups in total. The molecule has 126 valence electrons. The predicted molar refractivity (Wildman–Crippen MR) is 102 cm³/mol. The van der Waals surface area contributed by atoms with Gasteiger partial charge in [-0.2, -0.15) is 0 Å². The number of hydrogen-bond acceptors (Lipinski definition) is 4. The largest absolute Gasteiger partial charge is 0.355 e. The summed E-state index contributed by atoms with van der Waals surface area (Å²) in [5.41, 5.74) is 5.20. The van der Waals surface area contributed by atoms with E-state index < -0.39 is 0 Å². The molecule has 0 bridgehead atoms. The van der Waals surface area contributed by atoms with E-state index in [0.717, 1.165) is 36.3 Å². The summed E-state index contributed by atoms with van der Waals surface area (Å²) in [5, 5.41) is 7.72. The molecule has 0 saturated carbocycles. The summed E-state index contributed by atoms with van der Waals surface area (Å²) in [5.74, 6) is 0. The number of nitrogens with zero attached hydrogens (tertiary/aromatic N) is 1. The summed E-state index contributed by atoms with van der Waals surface area (Å²) < 4.78 is 0. The van der Waals surface area contributed by atoms with Crippen LogP contribution in [0.2, 0.25) is 0 Å². The third-order valence-electron chi connectivity index (χ3n) is 4.00. The van der Waals surface area contributed by atoms with Gasteiger partial charge in [0, 0.05) is 29.9 Å². The molecule has 0 saturated heterocycles. The molecule has 0 aliphatic carbocycles. The molecule has 0 unspecified atom stereocenters. The lowest BCUT2D eigenvalue weighted by Crippen LogP contribution is -2.23. The van der Waals surface area contributed by atoms with E-state index in [9.17, 15) is 4.79 Å². The zero-order valence-electron chi connectivity index (χ0n) is 12.8. The number of hydrogen-bond donors (Lipinski definition) is 3. The first-order valence-corrected chi connectivity index (χ1v) is 7.37. The van der Waals surface area contributed by atoms with Crippen molar-refractivity contribution in [1.29, 1.82) is 0 Å². The maximum atomic E-state index is 11.4. The van der Waals surface area contributed by atoms with Gasteiger partial charge in [-0.1, -0.05) is 6.07 Å². The number of fused-ring (bicyclic) bond motifs is 2. The lowest BCUT2D eigenvalue weighted by molar-refractivity contribution is 0.644. The van der Waals surface area contributed by atoms with Crippen molar-refractivity contribution >= 4 is 47.2 Å². The van der Waals surface area contributed by atoms with E-state index in [2.05, 4.69) is 38.8 Å². The standard InChI is InChI=1S/C17H16N4O.2ClH/c22-16-4-3-14-15(6-8-19-17(14)21-16)20-13-2-1-12-10-18-7-5-11(12)9-13;;/h1-4,6,8-9,18H,5,7,10H2,(H2,19,20,21,22);2*1H. The number of aromatic amines is 1. The summed E-state index contributed by atoms with van der Waals surface area (Å²) in [6, 6.07) is 11.7. The molecule has 0 amide bonds. The minimum atomic E-state index is -0.140. The van der Waals surface area contributed by atoms with Gasteiger partial charge < -0.3 is 15.6 Å². The molecule has 1 aliphatic heterocycles. The van der Waals surface area contributed by atoms with Gasteiger partial charge in [-0.05, 0) is 48.4 Å². The van der Waals surface area contributed by atoms with Gasteiger partial charge in [-0.3, -0.25) is 4.79 Å². The van der Waals surface area contributed by atoms with Crippen LogP contribution < -0.4 is 16.2 Å². The van der Waals surface area contributed by atoms with Gasteiger partial charge in [0.25, 0.3) is 0 Å². The Morgan fingerprint density at radius 3 is 2.79 bits per heavy atom. The van der Waals surface area contributed by atoms with Crippen molar-refractivity contribution in [2.45, 2.75) is 13.0 Å². The van der Waals surface area contributed by atoms with E-state index in [0.29, 0.717) is 5.65 Å². The highest BCUT2D eigenvalue weighted by molar-refractivity contribution is 5.90. The summed E-state index contributed by atoms with van der Waals surface area (Å²) in [4.78, 5) is 18.4. The minimum absolute atomic E-state index is 0. The Morgan fingerprint density at radius 2 is 1.92 bits per heavy atom. The van der Waals surface area contributed by atoms with Crippen LogP contribution in [0.25, 0.3) is 11.0 Å². The SMILES string of the molecule is Cl.Cl.O=c1ccc2c(Nc3ccc4c(c3)CCNC4)ccnc2[nH]1. The number of aromatic nitrogens is 2. The lowest BCUT2D eigenvalue weighted by Gasteiger charge is -2.18. The highest BCUT2D eigenvalue weighted by Crippen LogP contribution is 2.25. The van der Waals surface area contributed by atoms with Gasteiger partial charge in [-0.15, -0.1) is 24.8 Å². The molecule has 4 rings (SSSR count).